The Morgan fingerprint density at radius 2 is 1.92 bits per heavy atom. The first-order chi connectivity index (χ1) is 11.1. The van der Waals surface area contributed by atoms with Crippen LogP contribution in [0.2, 0.25) is 0 Å². The molecule has 1 fully saturated rings. The molecule has 0 radical (unpaired) electrons. The highest BCUT2D eigenvalue weighted by Crippen LogP contribution is 2.07. The van der Waals surface area contributed by atoms with Gasteiger partial charge in [-0.25, -0.2) is 9.18 Å². The molecule has 1 aliphatic heterocycles. The van der Waals surface area contributed by atoms with Crippen molar-refractivity contribution in [2.45, 2.75) is 19.4 Å². The summed E-state index contributed by atoms with van der Waals surface area (Å²) in [6, 6.07) is 5.44. The van der Waals surface area contributed by atoms with Gasteiger partial charge < -0.3 is 21.3 Å². The molecule has 6 nitrogen and oxygen atoms in total. The molecule has 0 saturated carbocycles. The highest BCUT2D eigenvalue weighted by Gasteiger charge is 2.14. The van der Waals surface area contributed by atoms with Gasteiger partial charge in [0, 0.05) is 13.1 Å². The van der Waals surface area contributed by atoms with E-state index >= 15 is 0 Å². The number of nitrogens with one attached hydrogen (secondary N) is 4. The fourth-order valence-electron chi connectivity index (χ4n) is 2.43. The molecule has 24 heavy (non-hydrogen) atoms. The van der Waals surface area contributed by atoms with Gasteiger partial charge in [0.1, 0.15) is 5.82 Å². The Morgan fingerprint density at radius 3 is 2.58 bits per heavy atom. The van der Waals surface area contributed by atoms with Gasteiger partial charge in [-0.05, 0) is 49.5 Å². The molecule has 8 heteroatoms. The van der Waals surface area contributed by atoms with E-state index in [1.807, 2.05) is 0 Å². The zero-order chi connectivity index (χ0) is 16.5. The summed E-state index contributed by atoms with van der Waals surface area (Å²) in [6.45, 7) is 2.81. The van der Waals surface area contributed by atoms with E-state index in [2.05, 4.69) is 21.3 Å². The Morgan fingerprint density at radius 1 is 1.17 bits per heavy atom. The fourth-order valence-corrected chi connectivity index (χ4v) is 2.43. The van der Waals surface area contributed by atoms with Crippen molar-refractivity contribution in [2.24, 2.45) is 5.92 Å². The van der Waals surface area contributed by atoms with E-state index in [-0.39, 0.29) is 37.2 Å². The number of hydrogen-bond acceptors (Lipinski definition) is 3. The van der Waals surface area contributed by atoms with Gasteiger partial charge in [0.25, 0.3) is 0 Å². The van der Waals surface area contributed by atoms with Crippen LogP contribution in [0.5, 0.6) is 0 Å². The van der Waals surface area contributed by atoms with Crippen LogP contribution in [0, 0.1) is 11.7 Å². The van der Waals surface area contributed by atoms with Crippen LogP contribution < -0.4 is 21.3 Å². The lowest BCUT2D eigenvalue weighted by molar-refractivity contribution is -0.120. The Labute approximate surface area is 147 Å². The largest absolute Gasteiger partial charge is 0.354 e. The summed E-state index contributed by atoms with van der Waals surface area (Å²) < 4.78 is 12.8. The molecule has 2 rings (SSSR count). The van der Waals surface area contributed by atoms with E-state index in [0.29, 0.717) is 12.5 Å². The number of rotatable bonds is 6. The van der Waals surface area contributed by atoms with Crippen molar-refractivity contribution in [1.82, 2.24) is 21.3 Å². The van der Waals surface area contributed by atoms with Crippen molar-refractivity contribution >= 4 is 24.3 Å². The summed E-state index contributed by atoms with van der Waals surface area (Å²) in [6.07, 6.45) is 2.24. The highest BCUT2D eigenvalue weighted by atomic mass is 35.5. The molecule has 0 spiro atoms. The van der Waals surface area contributed by atoms with Gasteiger partial charge in [-0.3, -0.25) is 4.79 Å². The predicted octanol–water partition coefficient (Wildman–Crippen LogP) is 1.16. The quantitative estimate of drug-likeness (QED) is 0.616. The lowest BCUT2D eigenvalue weighted by atomic mass is 10.00. The van der Waals surface area contributed by atoms with Crippen molar-refractivity contribution < 1.29 is 14.0 Å². The molecule has 0 bridgehead atoms. The smallest absolute Gasteiger partial charge is 0.315 e. The molecule has 1 aliphatic rings. The Balaban J connectivity index is 0.00000288. The van der Waals surface area contributed by atoms with Gasteiger partial charge >= 0.3 is 6.03 Å². The zero-order valence-electron chi connectivity index (χ0n) is 13.4. The van der Waals surface area contributed by atoms with Crippen molar-refractivity contribution in [2.75, 3.05) is 26.2 Å². The molecular weight excluding hydrogens is 335 g/mol. The normalized spacial score (nSPS) is 16.6. The number of piperidine rings is 1. The van der Waals surface area contributed by atoms with Crippen LogP contribution >= 0.6 is 12.4 Å². The van der Waals surface area contributed by atoms with E-state index in [0.717, 1.165) is 31.5 Å². The lowest BCUT2D eigenvalue weighted by Gasteiger charge is -2.22. The molecule has 1 atom stereocenters. The van der Waals surface area contributed by atoms with E-state index in [1.165, 1.54) is 12.1 Å². The number of hydrogen-bond donors (Lipinski definition) is 4. The Kier molecular flexibility index (Phi) is 9.11. The molecule has 1 heterocycles. The van der Waals surface area contributed by atoms with Crippen molar-refractivity contribution in [3.63, 3.8) is 0 Å². The van der Waals surface area contributed by atoms with Gasteiger partial charge in [-0.1, -0.05) is 12.1 Å². The first-order valence-electron chi connectivity index (χ1n) is 7.87. The summed E-state index contributed by atoms with van der Waals surface area (Å²) in [5, 5.41) is 11.2. The molecule has 4 N–H and O–H groups in total. The molecular formula is C16H24ClFN4O2. The van der Waals surface area contributed by atoms with Crippen LogP contribution in [0.1, 0.15) is 18.4 Å². The number of urea groups is 1. The topological polar surface area (TPSA) is 82.3 Å². The third kappa shape index (κ3) is 7.61. The maximum atomic E-state index is 12.8. The monoisotopic (exact) mass is 358 g/mol. The first-order valence-corrected chi connectivity index (χ1v) is 7.87. The molecule has 1 aromatic carbocycles. The van der Waals surface area contributed by atoms with Crippen molar-refractivity contribution in [3.05, 3.63) is 35.6 Å². The minimum atomic E-state index is -0.427. The number of amides is 3. The summed E-state index contributed by atoms with van der Waals surface area (Å²) >= 11 is 0. The Bertz CT molecular complexity index is 521. The molecule has 0 aromatic heterocycles. The van der Waals surface area contributed by atoms with Gasteiger partial charge in [-0.2, -0.15) is 0 Å². The molecule has 134 valence electrons. The number of benzene rings is 1. The predicted molar refractivity (Wildman–Crippen MR) is 92.5 cm³/mol. The second-order valence-electron chi connectivity index (χ2n) is 5.68. The molecule has 3 amide bonds. The van der Waals surface area contributed by atoms with Gasteiger partial charge in [0.05, 0.1) is 6.54 Å². The van der Waals surface area contributed by atoms with E-state index in [9.17, 15) is 14.0 Å². The molecule has 1 unspecified atom stereocenters. The number of carbonyl (C=O) groups excluding carboxylic acids is 2. The van der Waals surface area contributed by atoms with Crippen LogP contribution in [0.4, 0.5) is 9.18 Å². The van der Waals surface area contributed by atoms with Crippen molar-refractivity contribution in [3.8, 4) is 0 Å². The van der Waals surface area contributed by atoms with Gasteiger partial charge in [0.15, 0.2) is 0 Å². The second-order valence-corrected chi connectivity index (χ2v) is 5.68. The van der Waals surface area contributed by atoms with Crippen molar-refractivity contribution in [1.29, 1.82) is 0 Å². The lowest BCUT2D eigenvalue weighted by Crippen LogP contribution is -2.44. The van der Waals surface area contributed by atoms with Gasteiger partial charge in [0.2, 0.25) is 5.91 Å². The van der Waals surface area contributed by atoms with E-state index in [1.54, 1.807) is 12.1 Å². The molecule has 1 saturated heterocycles. The number of carbonyl (C=O) groups is 2. The number of halogens is 2. The Hall–Kier alpha value is -1.86. The maximum Gasteiger partial charge on any atom is 0.315 e. The van der Waals surface area contributed by atoms with E-state index < -0.39 is 6.03 Å². The fraction of sp³-hybridized carbons (Fsp3) is 0.500. The standard InChI is InChI=1S/C16H23FN4O2.ClH/c17-14-5-3-12(4-6-14)9-20-16(23)21-11-15(22)19-10-13-2-1-7-18-8-13;/h3-6,13,18H,1-2,7-11H2,(H,19,22)(H2,20,21,23);1H. The molecule has 0 aliphatic carbocycles. The summed E-state index contributed by atoms with van der Waals surface area (Å²) in [4.78, 5) is 23.3. The third-order valence-corrected chi connectivity index (χ3v) is 3.76. The summed E-state index contributed by atoms with van der Waals surface area (Å²) in [5.74, 6) is -0.0597. The average molecular weight is 359 g/mol. The van der Waals surface area contributed by atoms with Gasteiger partial charge in [-0.15, -0.1) is 12.4 Å². The molecule has 1 aromatic rings. The highest BCUT2D eigenvalue weighted by molar-refractivity contribution is 5.85. The second kappa shape index (κ2) is 10.8. The summed E-state index contributed by atoms with van der Waals surface area (Å²) in [7, 11) is 0. The summed E-state index contributed by atoms with van der Waals surface area (Å²) in [5.41, 5.74) is 0.788. The minimum Gasteiger partial charge on any atom is -0.354 e. The van der Waals surface area contributed by atoms with Crippen LogP contribution in [-0.2, 0) is 11.3 Å². The minimum absolute atomic E-state index is 0. The zero-order valence-corrected chi connectivity index (χ0v) is 14.3. The van der Waals surface area contributed by atoms with Crippen LogP contribution in [0.3, 0.4) is 0 Å². The maximum absolute atomic E-state index is 12.8. The van der Waals surface area contributed by atoms with Crippen LogP contribution in [0.15, 0.2) is 24.3 Å². The van der Waals surface area contributed by atoms with Crippen LogP contribution in [0.25, 0.3) is 0 Å². The van der Waals surface area contributed by atoms with E-state index in [4.69, 9.17) is 0 Å². The van der Waals surface area contributed by atoms with Crippen LogP contribution in [-0.4, -0.2) is 38.1 Å². The average Bonchev–Trinajstić information content (AvgIpc) is 2.58. The first kappa shape index (κ1) is 20.2. The SMILES string of the molecule is Cl.O=C(CNC(=O)NCc1ccc(F)cc1)NCC1CCCNC1. The third-order valence-electron chi connectivity index (χ3n) is 3.76.